The summed E-state index contributed by atoms with van der Waals surface area (Å²) in [5, 5.41) is 3.25. The number of nitrogens with one attached hydrogen (secondary N) is 1. The summed E-state index contributed by atoms with van der Waals surface area (Å²) in [5.41, 5.74) is 0. The smallest absolute Gasteiger partial charge is 0.228 e. The monoisotopic (exact) mass is 310 g/mol. The third-order valence-corrected chi connectivity index (χ3v) is 4.78. The molecule has 7 nitrogen and oxygen atoms in total. The highest BCUT2D eigenvalue weighted by atomic mass is 16.5. The molecule has 0 aliphatic carbocycles. The lowest BCUT2D eigenvalue weighted by molar-refractivity contribution is -0.136. The maximum atomic E-state index is 12.5. The maximum Gasteiger partial charge on any atom is 0.228 e. The number of carbonyl (C=O) groups is 2. The van der Waals surface area contributed by atoms with E-state index >= 15 is 0 Å². The molecule has 3 aliphatic heterocycles. The van der Waals surface area contributed by atoms with E-state index in [0.717, 1.165) is 65.6 Å². The van der Waals surface area contributed by atoms with Gasteiger partial charge >= 0.3 is 0 Å². The number of rotatable bonds is 4. The molecular formula is C15H26N4O3. The van der Waals surface area contributed by atoms with Crippen LogP contribution in [0.25, 0.3) is 0 Å². The van der Waals surface area contributed by atoms with Gasteiger partial charge in [-0.2, -0.15) is 0 Å². The molecule has 3 aliphatic rings. The lowest BCUT2D eigenvalue weighted by Gasteiger charge is -2.30. The molecule has 3 saturated heterocycles. The number of morpholine rings is 1. The molecule has 3 rings (SSSR count). The number of piperazine rings is 1. The van der Waals surface area contributed by atoms with Crippen LogP contribution in [-0.2, 0) is 14.3 Å². The topological polar surface area (TPSA) is 65.1 Å². The highest BCUT2D eigenvalue weighted by Crippen LogP contribution is 2.20. The fraction of sp³-hybridized carbons (Fsp3) is 0.867. The van der Waals surface area contributed by atoms with Crippen molar-refractivity contribution in [2.24, 2.45) is 5.92 Å². The molecule has 0 aromatic rings. The molecule has 1 unspecified atom stereocenters. The first-order valence-electron chi connectivity index (χ1n) is 8.31. The first-order chi connectivity index (χ1) is 10.7. The van der Waals surface area contributed by atoms with Gasteiger partial charge in [0.2, 0.25) is 11.8 Å². The Kier molecular flexibility index (Phi) is 5.28. The molecule has 22 heavy (non-hydrogen) atoms. The molecule has 2 amide bonds. The zero-order chi connectivity index (χ0) is 15.4. The molecule has 0 spiro atoms. The van der Waals surface area contributed by atoms with E-state index in [-0.39, 0.29) is 17.7 Å². The van der Waals surface area contributed by atoms with Crippen LogP contribution in [0.3, 0.4) is 0 Å². The average molecular weight is 310 g/mol. The van der Waals surface area contributed by atoms with E-state index in [1.165, 1.54) is 0 Å². The Morgan fingerprint density at radius 3 is 2.59 bits per heavy atom. The fourth-order valence-electron chi connectivity index (χ4n) is 3.38. The summed E-state index contributed by atoms with van der Waals surface area (Å²) < 4.78 is 5.33. The van der Waals surface area contributed by atoms with Crippen LogP contribution in [0.5, 0.6) is 0 Å². The first-order valence-corrected chi connectivity index (χ1v) is 8.31. The Labute approximate surface area is 131 Å². The highest BCUT2D eigenvalue weighted by Gasteiger charge is 2.36. The molecule has 0 saturated carbocycles. The van der Waals surface area contributed by atoms with Gasteiger partial charge in [-0.15, -0.1) is 0 Å². The largest absolute Gasteiger partial charge is 0.379 e. The summed E-state index contributed by atoms with van der Waals surface area (Å²) in [6.07, 6.45) is 0.381. The predicted octanol–water partition coefficient (Wildman–Crippen LogP) is -1.40. The van der Waals surface area contributed by atoms with Gasteiger partial charge in [0.1, 0.15) is 0 Å². The number of nitrogens with zero attached hydrogens (tertiary/aromatic N) is 3. The standard InChI is InChI=1S/C15H26N4O3/c20-14-11-13(15(21)18-3-1-16-2-4-18)12-19(14)6-5-17-7-9-22-10-8-17/h13,16H,1-12H2. The van der Waals surface area contributed by atoms with Crippen LogP contribution in [0.15, 0.2) is 0 Å². The summed E-state index contributed by atoms with van der Waals surface area (Å²) in [6, 6.07) is 0. The third kappa shape index (κ3) is 3.77. The molecule has 1 N–H and O–H groups in total. The number of ether oxygens (including phenoxy) is 1. The van der Waals surface area contributed by atoms with E-state index in [2.05, 4.69) is 10.2 Å². The number of hydrogen-bond acceptors (Lipinski definition) is 5. The van der Waals surface area contributed by atoms with E-state index in [4.69, 9.17) is 4.74 Å². The molecule has 0 aromatic heterocycles. The lowest BCUT2D eigenvalue weighted by atomic mass is 10.1. The molecule has 3 fully saturated rings. The normalized spacial score (nSPS) is 27.5. The molecule has 124 valence electrons. The first kappa shape index (κ1) is 15.7. The van der Waals surface area contributed by atoms with Gasteiger partial charge in [-0.05, 0) is 0 Å². The van der Waals surface area contributed by atoms with Crippen molar-refractivity contribution in [1.82, 2.24) is 20.0 Å². The number of likely N-dealkylation sites (tertiary alicyclic amines) is 1. The second-order valence-electron chi connectivity index (χ2n) is 6.27. The Balaban J connectivity index is 1.46. The maximum absolute atomic E-state index is 12.5. The van der Waals surface area contributed by atoms with E-state index in [0.29, 0.717) is 13.0 Å². The zero-order valence-corrected chi connectivity index (χ0v) is 13.1. The van der Waals surface area contributed by atoms with Crippen molar-refractivity contribution >= 4 is 11.8 Å². The summed E-state index contributed by atoms with van der Waals surface area (Å²) in [6.45, 7) is 8.85. The average Bonchev–Trinajstić information content (AvgIpc) is 2.95. The predicted molar refractivity (Wildman–Crippen MR) is 81.4 cm³/mol. The molecule has 1 atom stereocenters. The SMILES string of the molecule is O=C1CC(C(=O)N2CCNCC2)CN1CCN1CCOCC1. The minimum absolute atomic E-state index is 0.127. The quantitative estimate of drug-likeness (QED) is 0.692. The van der Waals surface area contributed by atoms with Crippen molar-refractivity contribution in [3.8, 4) is 0 Å². The van der Waals surface area contributed by atoms with E-state index in [1.54, 1.807) is 0 Å². The molecule has 0 aromatic carbocycles. The van der Waals surface area contributed by atoms with Crippen molar-refractivity contribution in [3.63, 3.8) is 0 Å². The Morgan fingerprint density at radius 1 is 1.14 bits per heavy atom. The second kappa shape index (κ2) is 7.39. The van der Waals surface area contributed by atoms with Crippen molar-refractivity contribution in [3.05, 3.63) is 0 Å². The number of amides is 2. The van der Waals surface area contributed by atoms with E-state index in [9.17, 15) is 9.59 Å². The van der Waals surface area contributed by atoms with Crippen molar-refractivity contribution in [2.45, 2.75) is 6.42 Å². The van der Waals surface area contributed by atoms with Crippen LogP contribution >= 0.6 is 0 Å². The highest BCUT2D eigenvalue weighted by molar-refractivity contribution is 5.89. The molecule has 3 heterocycles. The summed E-state index contributed by atoms with van der Waals surface area (Å²) in [4.78, 5) is 30.7. The van der Waals surface area contributed by atoms with Gasteiger partial charge in [-0.25, -0.2) is 0 Å². The van der Waals surface area contributed by atoms with Crippen molar-refractivity contribution < 1.29 is 14.3 Å². The van der Waals surface area contributed by atoms with Gasteiger partial charge in [-0.3, -0.25) is 14.5 Å². The van der Waals surface area contributed by atoms with E-state index < -0.39 is 0 Å². The van der Waals surface area contributed by atoms with Gasteiger partial charge in [0.05, 0.1) is 19.1 Å². The van der Waals surface area contributed by atoms with Crippen molar-refractivity contribution in [1.29, 1.82) is 0 Å². The second-order valence-corrected chi connectivity index (χ2v) is 6.27. The summed E-state index contributed by atoms with van der Waals surface area (Å²) in [7, 11) is 0. The Morgan fingerprint density at radius 2 is 1.86 bits per heavy atom. The minimum Gasteiger partial charge on any atom is -0.379 e. The minimum atomic E-state index is -0.143. The van der Waals surface area contributed by atoms with E-state index in [1.807, 2.05) is 9.80 Å². The van der Waals surface area contributed by atoms with Gasteiger partial charge in [0.15, 0.2) is 0 Å². The van der Waals surface area contributed by atoms with Gasteiger partial charge in [0, 0.05) is 65.3 Å². The van der Waals surface area contributed by atoms with Gasteiger partial charge < -0.3 is 19.9 Å². The summed E-state index contributed by atoms with van der Waals surface area (Å²) >= 11 is 0. The van der Waals surface area contributed by atoms with Crippen LogP contribution in [0, 0.1) is 5.92 Å². The molecular weight excluding hydrogens is 284 g/mol. The van der Waals surface area contributed by atoms with Crippen molar-refractivity contribution in [2.75, 3.05) is 72.1 Å². The Bertz CT molecular complexity index is 406. The molecule has 0 bridgehead atoms. The van der Waals surface area contributed by atoms with Crippen LogP contribution < -0.4 is 5.32 Å². The molecule has 7 heteroatoms. The van der Waals surface area contributed by atoms with Crippen LogP contribution in [0.4, 0.5) is 0 Å². The van der Waals surface area contributed by atoms with Crippen LogP contribution in [0.2, 0.25) is 0 Å². The number of hydrogen-bond donors (Lipinski definition) is 1. The molecule has 0 radical (unpaired) electrons. The number of carbonyl (C=O) groups excluding carboxylic acids is 2. The zero-order valence-electron chi connectivity index (χ0n) is 13.1. The van der Waals surface area contributed by atoms with Crippen LogP contribution in [-0.4, -0.2) is 98.6 Å². The van der Waals surface area contributed by atoms with Gasteiger partial charge in [0.25, 0.3) is 0 Å². The lowest BCUT2D eigenvalue weighted by Crippen LogP contribution is -2.49. The van der Waals surface area contributed by atoms with Crippen LogP contribution in [0.1, 0.15) is 6.42 Å². The summed E-state index contributed by atoms with van der Waals surface area (Å²) in [5.74, 6) is 0.140. The Hall–Kier alpha value is -1.18. The fourth-order valence-corrected chi connectivity index (χ4v) is 3.38. The third-order valence-electron chi connectivity index (χ3n) is 4.78. The van der Waals surface area contributed by atoms with Gasteiger partial charge in [-0.1, -0.05) is 0 Å².